The van der Waals surface area contributed by atoms with E-state index in [9.17, 15) is 4.79 Å². The van der Waals surface area contributed by atoms with Gasteiger partial charge in [0, 0.05) is 6.61 Å². The first-order chi connectivity index (χ1) is 6.07. The molecule has 0 atom stereocenters. The van der Waals surface area contributed by atoms with E-state index < -0.39 is 11.4 Å². The highest BCUT2D eigenvalue weighted by atomic mass is 16.5. The summed E-state index contributed by atoms with van der Waals surface area (Å²) in [6, 6.07) is 0. The summed E-state index contributed by atoms with van der Waals surface area (Å²) in [5, 5.41) is 8.99. The topological polar surface area (TPSA) is 46.5 Å². The lowest BCUT2D eigenvalue weighted by Gasteiger charge is -2.37. The van der Waals surface area contributed by atoms with Crippen molar-refractivity contribution in [3.8, 4) is 0 Å². The number of rotatable bonds is 5. The molecule has 1 fully saturated rings. The first kappa shape index (κ1) is 10.5. The van der Waals surface area contributed by atoms with E-state index >= 15 is 0 Å². The zero-order valence-electron chi connectivity index (χ0n) is 8.38. The van der Waals surface area contributed by atoms with Gasteiger partial charge >= 0.3 is 5.97 Å². The summed E-state index contributed by atoms with van der Waals surface area (Å²) < 4.78 is 5.36. The molecule has 1 N–H and O–H groups in total. The zero-order valence-corrected chi connectivity index (χ0v) is 8.38. The Morgan fingerprint density at radius 3 is 2.46 bits per heavy atom. The molecule has 13 heavy (non-hydrogen) atoms. The van der Waals surface area contributed by atoms with Crippen LogP contribution in [0.3, 0.4) is 0 Å². The molecule has 1 rings (SSSR count). The maximum atomic E-state index is 10.9. The lowest BCUT2D eigenvalue weighted by atomic mass is 9.67. The molecule has 0 aromatic heterocycles. The molecule has 76 valence electrons. The van der Waals surface area contributed by atoms with E-state index in [0.29, 0.717) is 13.0 Å². The predicted molar refractivity (Wildman–Crippen MR) is 49.6 cm³/mol. The number of hydrogen-bond acceptors (Lipinski definition) is 2. The van der Waals surface area contributed by atoms with Gasteiger partial charge in [0.1, 0.15) is 0 Å². The molecule has 0 heterocycles. The average Bonchev–Trinajstić information content (AvgIpc) is 1.93. The lowest BCUT2D eigenvalue weighted by molar-refractivity contribution is -0.156. The van der Waals surface area contributed by atoms with Crippen LogP contribution in [0.5, 0.6) is 0 Å². The van der Waals surface area contributed by atoms with Gasteiger partial charge in [-0.05, 0) is 33.1 Å². The molecule has 1 saturated carbocycles. The highest BCUT2D eigenvalue weighted by Crippen LogP contribution is 2.44. The van der Waals surface area contributed by atoms with E-state index in [0.717, 1.165) is 19.3 Å². The van der Waals surface area contributed by atoms with Crippen LogP contribution in [0.2, 0.25) is 0 Å². The second kappa shape index (κ2) is 4.09. The first-order valence-corrected chi connectivity index (χ1v) is 4.92. The summed E-state index contributed by atoms with van der Waals surface area (Å²) in [6.45, 7) is 4.51. The molecule has 0 amide bonds. The smallest absolute Gasteiger partial charge is 0.309 e. The summed E-state index contributed by atoms with van der Waals surface area (Å²) in [5.74, 6) is -0.647. The average molecular weight is 186 g/mol. The Hall–Kier alpha value is -0.570. The fraction of sp³-hybridized carbons (Fsp3) is 0.900. The molecule has 0 aromatic rings. The van der Waals surface area contributed by atoms with Crippen molar-refractivity contribution in [1.82, 2.24) is 0 Å². The monoisotopic (exact) mass is 186 g/mol. The van der Waals surface area contributed by atoms with Gasteiger partial charge in [-0.25, -0.2) is 0 Å². The molecule has 0 bridgehead atoms. The number of ether oxygens (including phenoxy) is 1. The standard InChI is InChI=1S/C10H18O3/c1-8(2)13-7-6-10(9(11)12)4-3-5-10/h8H,3-7H2,1-2H3,(H,11,12). The molecule has 3 heteroatoms. The van der Waals surface area contributed by atoms with Crippen molar-refractivity contribution in [2.45, 2.75) is 45.6 Å². The van der Waals surface area contributed by atoms with Crippen LogP contribution < -0.4 is 0 Å². The van der Waals surface area contributed by atoms with Crippen molar-refractivity contribution >= 4 is 5.97 Å². The van der Waals surface area contributed by atoms with Crippen LogP contribution in [0.4, 0.5) is 0 Å². The summed E-state index contributed by atoms with van der Waals surface area (Å²) in [6.07, 6.45) is 3.56. The largest absolute Gasteiger partial charge is 0.481 e. The molecule has 3 nitrogen and oxygen atoms in total. The van der Waals surface area contributed by atoms with Gasteiger partial charge in [-0.3, -0.25) is 4.79 Å². The van der Waals surface area contributed by atoms with Crippen LogP contribution in [0, 0.1) is 5.41 Å². The summed E-state index contributed by atoms with van der Waals surface area (Å²) >= 11 is 0. The molecule has 0 unspecified atom stereocenters. The van der Waals surface area contributed by atoms with Crippen LogP contribution in [0.25, 0.3) is 0 Å². The molecule has 0 radical (unpaired) electrons. The minimum atomic E-state index is -0.647. The molecule has 0 saturated heterocycles. The Morgan fingerprint density at radius 2 is 2.15 bits per heavy atom. The van der Waals surface area contributed by atoms with Gasteiger partial charge in [-0.1, -0.05) is 6.42 Å². The van der Waals surface area contributed by atoms with Crippen LogP contribution in [-0.4, -0.2) is 23.8 Å². The second-order valence-corrected chi connectivity index (χ2v) is 4.11. The zero-order chi connectivity index (χ0) is 9.90. The molecular weight excluding hydrogens is 168 g/mol. The van der Waals surface area contributed by atoms with Crippen LogP contribution in [0.15, 0.2) is 0 Å². The molecule has 0 aliphatic heterocycles. The van der Waals surface area contributed by atoms with Crippen molar-refractivity contribution in [2.24, 2.45) is 5.41 Å². The maximum Gasteiger partial charge on any atom is 0.309 e. The summed E-state index contributed by atoms with van der Waals surface area (Å²) in [5.41, 5.74) is -0.450. The Balaban J connectivity index is 2.28. The van der Waals surface area contributed by atoms with Gasteiger partial charge in [0.25, 0.3) is 0 Å². The highest BCUT2D eigenvalue weighted by molar-refractivity contribution is 5.75. The van der Waals surface area contributed by atoms with Gasteiger partial charge < -0.3 is 9.84 Å². The quantitative estimate of drug-likeness (QED) is 0.714. The fourth-order valence-corrected chi connectivity index (χ4v) is 1.66. The van der Waals surface area contributed by atoms with Gasteiger partial charge in [0.2, 0.25) is 0 Å². The molecule has 0 spiro atoms. The van der Waals surface area contributed by atoms with E-state index in [4.69, 9.17) is 9.84 Å². The van der Waals surface area contributed by atoms with Crippen molar-refractivity contribution in [1.29, 1.82) is 0 Å². The lowest BCUT2D eigenvalue weighted by Crippen LogP contribution is -2.39. The van der Waals surface area contributed by atoms with Crippen LogP contribution >= 0.6 is 0 Å². The van der Waals surface area contributed by atoms with Gasteiger partial charge in [0.05, 0.1) is 11.5 Å². The SMILES string of the molecule is CC(C)OCCC1(C(=O)O)CCC1. The number of carbonyl (C=O) groups is 1. The normalized spacial score (nSPS) is 19.9. The van der Waals surface area contributed by atoms with Crippen molar-refractivity contribution in [3.63, 3.8) is 0 Å². The molecular formula is C10H18O3. The van der Waals surface area contributed by atoms with Gasteiger partial charge in [0.15, 0.2) is 0 Å². The number of aliphatic carboxylic acids is 1. The summed E-state index contributed by atoms with van der Waals surface area (Å²) in [4.78, 5) is 10.9. The molecule has 1 aliphatic carbocycles. The number of hydrogen-bond donors (Lipinski definition) is 1. The summed E-state index contributed by atoms with van der Waals surface area (Å²) in [7, 11) is 0. The third kappa shape index (κ3) is 2.44. The van der Waals surface area contributed by atoms with E-state index in [1.54, 1.807) is 0 Å². The third-order valence-corrected chi connectivity index (χ3v) is 2.80. The highest BCUT2D eigenvalue weighted by Gasteiger charge is 2.43. The first-order valence-electron chi connectivity index (χ1n) is 4.92. The number of carboxylic acid groups (broad SMARTS) is 1. The van der Waals surface area contributed by atoms with Crippen molar-refractivity contribution in [3.05, 3.63) is 0 Å². The Kier molecular flexibility index (Phi) is 3.31. The second-order valence-electron chi connectivity index (χ2n) is 4.11. The van der Waals surface area contributed by atoms with Crippen LogP contribution in [0.1, 0.15) is 39.5 Å². The van der Waals surface area contributed by atoms with Gasteiger partial charge in [-0.2, -0.15) is 0 Å². The third-order valence-electron chi connectivity index (χ3n) is 2.80. The number of carboxylic acids is 1. The fourth-order valence-electron chi connectivity index (χ4n) is 1.66. The predicted octanol–water partition coefficient (Wildman–Crippen LogP) is 2.06. The Labute approximate surface area is 79.1 Å². The Bertz CT molecular complexity index is 183. The maximum absolute atomic E-state index is 10.9. The van der Waals surface area contributed by atoms with Crippen molar-refractivity contribution < 1.29 is 14.6 Å². The van der Waals surface area contributed by atoms with E-state index in [1.165, 1.54) is 0 Å². The van der Waals surface area contributed by atoms with Gasteiger partial charge in [-0.15, -0.1) is 0 Å². The minimum absolute atomic E-state index is 0.200. The van der Waals surface area contributed by atoms with Crippen molar-refractivity contribution in [2.75, 3.05) is 6.61 Å². The van der Waals surface area contributed by atoms with E-state index in [-0.39, 0.29) is 6.10 Å². The van der Waals surface area contributed by atoms with E-state index in [1.807, 2.05) is 13.8 Å². The molecule has 1 aliphatic rings. The minimum Gasteiger partial charge on any atom is -0.481 e. The molecule has 0 aromatic carbocycles. The Morgan fingerprint density at radius 1 is 1.54 bits per heavy atom. The van der Waals surface area contributed by atoms with Crippen LogP contribution in [-0.2, 0) is 9.53 Å². The van der Waals surface area contributed by atoms with E-state index in [2.05, 4.69) is 0 Å².